The van der Waals surface area contributed by atoms with Crippen LogP contribution in [0.2, 0.25) is 0 Å². The van der Waals surface area contributed by atoms with Gasteiger partial charge >= 0.3 is 0 Å². The van der Waals surface area contributed by atoms with Crippen molar-refractivity contribution >= 4 is 5.91 Å². The lowest BCUT2D eigenvalue weighted by Crippen LogP contribution is -2.56. The van der Waals surface area contributed by atoms with Gasteiger partial charge in [0, 0.05) is 33.2 Å². The summed E-state index contributed by atoms with van der Waals surface area (Å²) in [5.41, 5.74) is 2.21. The zero-order valence-electron chi connectivity index (χ0n) is 13.3. The number of methoxy groups -OCH3 is 1. The molecule has 1 saturated heterocycles. The molecule has 5 heteroatoms. The van der Waals surface area contributed by atoms with Crippen molar-refractivity contribution in [1.82, 2.24) is 15.1 Å². The molecule has 1 aromatic rings. The number of aryl methyl sites for hydroxylation is 1. The van der Waals surface area contributed by atoms with Gasteiger partial charge in [0.2, 0.25) is 5.91 Å². The number of hydrogen-bond acceptors (Lipinski definition) is 4. The summed E-state index contributed by atoms with van der Waals surface area (Å²) in [6, 6.07) is 5.98. The smallest absolute Gasteiger partial charge is 0.241 e. The van der Waals surface area contributed by atoms with E-state index < -0.39 is 0 Å². The van der Waals surface area contributed by atoms with Gasteiger partial charge in [-0.05, 0) is 31.2 Å². The number of ether oxygens (including phenoxy) is 1. The fourth-order valence-corrected chi connectivity index (χ4v) is 2.73. The molecule has 1 atom stereocenters. The summed E-state index contributed by atoms with van der Waals surface area (Å²) in [7, 11) is 5.54. The topological polar surface area (TPSA) is 44.8 Å². The molecule has 0 spiro atoms. The standard InChI is InChI=1S/C16H25N3O2/c1-12-9-13(5-6-15(12)21-4)11-19(3)16(20)14-10-17-7-8-18(14)2/h5-6,9,14,17H,7-8,10-11H2,1-4H3/t14-/m1/s1. The molecule has 1 fully saturated rings. The summed E-state index contributed by atoms with van der Waals surface area (Å²) in [6.07, 6.45) is 0. The van der Waals surface area contributed by atoms with Crippen LogP contribution in [0.4, 0.5) is 0 Å². The molecule has 0 bridgehead atoms. The quantitative estimate of drug-likeness (QED) is 0.894. The normalized spacial score (nSPS) is 19.3. The Hall–Kier alpha value is -1.59. The van der Waals surface area contributed by atoms with Crippen LogP contribution in [0.3, 0.4) is 0 Å². The summed E-state index contributed by atoms with van der Waals surface area (Å²) in [5, 5.41) is 3.28. The van der Waals surface area contributed by atoms with Crippen LogP contribution >= 0.6 is 0 Å². The number of amides is 1. The van der Waals surface area contributed by atoms with E-state index in [1.165, 1.54) is 0 Å². The Balaban J connectivity index is 2.01. The first kappa shape index (κ1) is 15.8. The Labute approximate surface area is 126 Å². The van der Waals surface area contributed by atoms with E-state index in [1.54, 1.807) is 12.0 Å². The minimum absolute atomic E-state index is 0.0666. The molecule has 0 radical (unpaired) electrons. The van der Waals surface area contributed by atoms with E-state index in [4.69, 9.17) is 4.74 Å². The molecule has 1 heterocycles. The van der Waals surface area contributed by atoms with Gasteiger partial charge in [-0.1, -0.05) is 12.1 Å². The number of nitrogens with one attached hydrogen (secondary N) is 1. The number of rotatable bonds is 4. The van der Waals surface area contributed by atoms with Gasteiger partial charge < -0.3 is 15.0 Å². The van der Waals surface area contributed by atoms with Gasteiger partial charge in [-0.3, -0.25) is 9.69 Å². The predicted molar refractivity (Wildman–Crippen MR) is 83.5 cm³/mol. The van der Waals surface area contributed by atoms with Gasteiger partial charge in [-0.25, -0.2) is 0 Å². The van der Waals surface area contributed by atoms with Crippen molar-refractivity contribution in [2.75, 3.05) is 40.8 Å². The Morgan fingerprint density at radius 2 is 2.29 bits per heavy atom. The van der Waals surface area contributed by atoms with Crippen LogP contribution in [0.25, 0.3) is 0 Å². The maximum atomic E-state index is 12.5. The van der Waals surface area contributed by atoms with E-state index in [1.807, 2.05) is 33.2 Å². The Kier molecular flexibility index (Phi) is 5.20. The van der Waals surface area contributed by atoms with Crippen LogP contribution in [0.15, 0.2) is 18.2 Å². The van der Waals surface area contributed by atoms with Crippen molar-refractivity contribution < 1.29 is 9.53 Å². The number of benzene rings is 1. The number of likely N-dealkylation sites (N-methyl/N-ethyl adjacent to an activating group) is 2. The van der Waals surface area contributed by atoms with Gasteiger partial charge in [-0.2, -0.15) is 0 Å². The van der Waals surface area contributed by atoms with Crippen LogP contribution in [-0.2, 0) is 11.3 Å². The molecule has 1 N–H and O–H groups in total. The number of hydrogen-bond donors (Lipinski definition) is 1. The Morgan fingerprint density at radius 3 is 2.90 bits per heavy atom. The molecule has 21 heavy (non-hydrogen) atoms. The molecule has 1 amide bonds. The molecule has 0 unspecified atom stereocenters. The summed E-state index contributed by atoms with van der Waals surface area (Å²) >= 11 is 0. The summed E-state index contributed by atoms with van der Waals surface area (Å²) in [4.78, 5) is 16.5. The third kappa shape index (κ3) is 3.74. The van der Waals surface area contributed by atoms with E-state index >= 15 is 0 Å². The Bertz CT molecular complexity index is 504. The van der Waals surface area contributed by atoms with Crippen molar-refractivity contribution in [3.8, 4) is 5.75 Å². The van der Waals surface area contributed by atoms with E-state index in [0.29, 0.717) is 6.54 Å². The molecule has 1 aliphatic rings. The van der Waals surface area contributed by atoms with Gasteiger partial charge in [0.15, 0.2) is 0 Å². The van der Waals surface area contributed by atoms with Crippen LogP contribution in [0.1, 0.15) is 11.1 Å². The average Bonchev–Trinajstić information content (AvgIpc) is 2.47. The molecule has 0 aromatic heterocycles. The molecule has 0 saturated carbocycles. The number of carbonyl (C=O) groups is 1. The minimum atomic E-state index is -0.0666. The van der Waals surface area contributed by atoms with Crippen molar-refractivity contribution in [2.24, 2.45) is 0 Å². The lowest BCUT2D eigenvalue weighted by atomic mass is 10.1. The zero-order chi connectivity index (χ0) is 15.4. The van der Waals surface area contributed by atoms with E-state index in [9.17, 15) is 4.79 Å². The number of piperazine rings is 1. The highest BCUT2D eigenvalue weighted by molar-refractivity contribution is 5.82. The fraction of sp³-hybridized carbons (Fsp3) is 0.562. The lowest BCUT2D eigenvalue weighted by molar-refractivity contribution is -0.136. The minimum Gasteiger partial charge on any atom is -0.496 e. The van der Waals surface area contributed by atoms with Crippen LogP contribution in [0, 0.1) is 6.92 Å². The first-order valence-electron chi connectivity index (χ1n) is 7.32. The monoisotopic (exact) mass is 291 g/mol. The average molecular weight is 291 g/mol. The highest BCUT2D eigenvalue weighted by atomic mass is 16.5. The van der Waals surface area contributed by atoms with Crippen LogP contribution in [0.5, 0.6) is 5.75 Å². The summed E-state index contributed by atoms with van der Waals surface area (Å²) in [6.45, 7) is 5.21. The molecule has 1 aliphatic heterocycles. The van der Waals surface area contributed by atoms with Crippen molar-refractivity contribution in [3.05, 3.63) is 29.3 Å². The van der Waals surface area contributed by atoms with E-state index in [2.05, 4.69) is 16.3 Å². The summed E-state index contributed by atoms with van der Waals surface area (Å²) in [5.74, 6) is 1.04. The summed E-state index contributed by atoms with van der Waals surface area (Å²) < 4.78 is 5.27. The van der Waals surface area contributed by atoms with Gasteiger partial charge in [-0.15, -0.1) is 0 Å². The molecule has 116 valence electrons. The van der Waals surface area contributed by atoms with Gasteiger partial charge in [0.25, 0.3) is 0 Å². The first-order valence-corrected chi connectivity index (χ1v) is 7.32. The van der Waals surface area contributed by atoms with Gasteiger partial charge in [0.05, 0.1) is 7.11 Å². The zero-order valence-corrected chi connectivity index (χ0v) is 13.3. The number of carbonyl (C=O) groups excluding carboxylic acids is 1. The fourth-order valence-electron chi connectivity index (χ4n) is 2.73. The van der Waals surface area contributed by atoms with Crippen molar-refractivity contribution in [1.29, 1.82) is 0 Å². The van der Waals surface area contributed by atoms with Crippen molar-refractivity contribution in [3.63, 3.8) is 0 Å². The Morgan fingerprint density at radius 1 is 1.52 bits per heavy atom. The van der Waals surface area contributed by atoms with E-state index in [0.717, 1.165) is 36.5 Å². The van der Waals surface area contributed by atoms with Gasteiger partial charge in [0.1, 0.15) is 11.8 Å². The van der Waals surface area contributed by atoms with Crippen LogP contribution < -0.4 is 10.1 Å². The predicted octanol–water partition coefficient (Wildman–Crippen LogP) is 0.866. The highest BCUT2D eigenvalue weighted by Gasteiger charge is 2.28. The van der Waals surface area contributed by atoms with E-state index in [-0.39, 0.29) is 11.9 Å². The molecule has 5 nitrogen and oxygen atoms in total. The molecule has 1 aromatic carbocycles. The second kappa shape index (κ2) is 6.91. The number of nitrogens with zero attached hydrogens (tertiary/aromatic N) is 2. The second-order valence-electron chi connectivity index (χ2n) is 5.70. The largest absolute Gasteiger partial charge is 0.496 e. The lowest BCUT2D eigenvalue weighted by Gasteiger charge is -2.34. The first-order chi connectivity index (χ1) is 10.0. The SMILES string of the molecule is COc1ccc(CN(C)C(=O)[C@H]2CNCCN2C)cc1C. The molecular formula is C16H25N3O2. The third-order valence-electron chi connectivity index (χ3n) is 4.05. The molecular weight excluding hydrogens is 266 g/mol. The molecule has 2 rings (SSSR count). The second-order valence-corrected chi connectivity index (χ2v) is 5.70. The van der Waals surface area contributed by atoms with Crippen LogP contribution in [-0.4, -0.2) is 62.6 Å². The maximum absolute atomic E-state index is 12.5. The highest BCUT2D eigenvalue weighted by Crippen LogP contribution is 2.19. The molecule has 0 aliphatic carbocycles. The van der Waals surface area contributed by atoms with Crippen molar-refractivity contribution in [2.45, 2.75) is 19.5 Å². The third-order valence-corrected chi connectivity index (χ3v) is 4.05. The maximum Gasteiger partial charge on any atom is 0.241 e.